The first kappa shape index (κ1) is 15.1. The fraction of sp³-hybridized carbons (Fsp3) is 0.333. The van der Waals surface area contributed by atoms with Gasteiger partial charge in [0.1, 0.15) is 16.8 Å². The Kier molecular flexibility index (Phi) is 4.84. The van der Waals surface area contributed by atoms with E-state index in [1.54, 1.807) is 0 Å². The number of nitrogens with one attached hydrogen (secondary N) is 1. The Hall–Kier alpha value is -1.32. The van der Waals surface area contributed by atoms with Crippen molar-refractivity contribution in [2.45, 2.75) is 33.6 Å². The lowest BCUT2D eigenvalue weighted by Crippen LogP contribution is -2.04. The van der Waals surface area contributed by atoms with Crippen molar-refractivity contribution in [3.63, 3.8) is 0 Å². The van der Waals surface area contributed by atoms with Crippen LogP contribution in [0, 0.1) is 13.8 Å². The van der Waals surface area contributed by atoms with Gasteiger partial charge < -0.3 is 5.32 Å². The molecule has 1 aromatic carbocycles. The van der Waals surface area contributed by atoms with Crippen LogP contribution in [0.25, 0.3) is 0 Å². The second-order valence-electron chi connectivity index (χ2n) is 4.69. The SMILES string of the molecule is CCCc1nc(Cl)c(C)c(Nc2cccc(Cl)c2C)n1. The predicted octanol–water partition coefficient (Wildman–Crippen LogP) is 5.10. The van der Waals surface area contributed by atoms with Gasteiger partial charge in [0.2, 0.25) is 0 Å². The molecule has 20 heavy (non-hydrogen) atoms. The number of halogens is 2. The van der Waals surface area contributed by atoms with Gasteiger partial charge in [0.15, 0.2) is 0 Å². The smallest absolute Gasteiger partial charge is 0.138 e. The number of hydrogen-bond donors (Lipinski definition) is 1. The summed E-state index contributed by atoms with van der Waals surface area (Å²) >= 11 is 12.3. The molecule has 0 unspecified atom stereocenters. The topological polar surface area (TPSA) is 37.8 Å². The molecule has 0 atom stereocenters. The molecule has 3 nitrogen and oxygen atoms in total. The number of aryl methyl sites for hydroxylation is 1. The minimum absolute atomic E-state index is 0.491. The van der Waals surface area contributed by atoms with Gasteiger partial charge >= 0.3 is 0 Å². The first-order valence-corrected chi connectivity index (χ1v) is 7.33. The van der Waals surface area contributed by atoms with E-state index in [1.807, 2.05) is 32.0 Å². The molecular formula is C15H17Cl2N3. The first-order valence-electron chi connectivity index (χ1n) is 6.58. The second-order valence-corrected chi connectivity index (χ2v) is 5.46. The third kappa shape index (κ3) is 3.22. The molecule has 0 bridgehead atoms. The number of anilines is 2. The fourth-order valence-corrected chi connectivity index (χ4v) is 2.22. The van der Waals surface area contributed by atoms with E-state index in [1.165, 1.54) is 0 Å². The van der Waals surface area contributed by atoms with Gasteiger partial charge in [-0.1, -0.05) is 36.2 Å². The molecule has 1 heterocycles. The molecule has 0 radical (unpaired) electrons. The van der Waals surface area contributed by atoms with Crippen LogP contribution in [0.4, 0.5) is 11.5 Å². The lowest BCUT2D eigenvalue weighted by molar-refractivity contribution is 0.833. The first-order chi connectivity index (χ1) is 9.52. The molecule has 0 aliphatic carbocycles. The molecular weight excluding hydrogens is 293 g/mol. The molecule has 106 valence electrons. The molecule has 5 heteroatoms. The molecule has 1 N–H and O–H groups in total. The maximum atomic E-state index is 6.17. The molecule has 2 rings (SSSR count). The second kappa shape index (κ2) is 6.42. The van der Waals surface area contributed by atoms with Crippen molar-refractivity contribution < 1.29 is 0 Å². The zero-order valence-electron chi connectivity index (χ0n) is 11.8. The van der Waals surface area contributed by atoms with Crippen molar-refractivity contribution >= 4 is 34.7 Å². The highest BCUT2D eigenvalue weighted by Crippen LogP contribution is 2.28. The van der Waals surface area contributed by atoms with Crippen LogP contribution in [0.2, 0.25) is 10.2 Å². The maximum Gasteiger partial charge on any atom is 0.138 e. The third-order valence-electron chi connectivity index (χ3n) is 3.13. The zero-order valence-corrected chi connectivity index (χ0v) is 13.3. The van der Waals surface area contributed by atoms with E-state index in [9.17, 15) is 0 Å². The third-order valence-corrected chi connectivity index (χ3v) is 3.90. The number of aromatic nitrogens is 2. The molecule has 2 aromatic rings. The van der Waals surface area contributed by atoms with Gasteiger partial charge in [0, 0.05) is 22.7 Å². The lowest BCUT2D eigenvalue weighted by atomic mass is 10.2. The van der Waals surface area contributed by atoms with Crippen molar-refractivity contribution in [2.24, 2.45) is 0 Å². The van der Waals surface area contributed by atoms with E-state index in [2.05, 4.69) is 22.2 Å². The van der Waals surface area contributed by atoms with E-state index < -0.39 is 0 Å². The van der Waals surface area contributed by atoms with E-state index in [-0.39, 0.29) is 0 Å². The average Bonchev–Trinajstić information content (AvgIpc) is 2.41. The summed E-state index contributed by atoms with van der Waals surface area (Å²) in [5.41, 5.74) is 2.75. The van der Waals surface area contributed by atoms with Crippen LogP contribution in [-0.4, -0.2) is 9.97 Å². The normalized spacial score (nSPS) is 10.7. The van der Waals surface area contributed by atoms with Crippen LogP contribution in [0.5, 0.6) is 0 Å². The van der Waals surface area contributed by atoms with E-state index in [0.717, 1.165) is 46.3 Å². The Morgan fingerprint density at radius 3 is 2.55 bits per heavy atom. The van der Waals surface area contributed by atoms with Crippen molar-refractivity contribution in [3.05, 3.63) is 45.3 Å². The molecule has 0 fully saturated rings. The van der Waals surface area contributed by atoms with Gasteiger partial charge in [-0.05, 0) is 38.0 Å². The Balaban J connectivity index is 2.39. The van der Waals surface area contributed by atoms with Crippen LogP contribution in [0.15, 0.2) is 18.2 Å². The Morgan fingerprint density at radius 1 is 1.10 bits per heavy atom. The van der Waals surface area contributed by atoms with Crippen molar-refractivity contribution in [2.75, 3.05) is 5.32 Å². The summed E-state index contributed by atoms with van der Waals surface area (Å²) in [4.78, 5) is 8.83. The number of hydrogen-bond acceptors (Lipinski definition) is 3. The van der Waals surface area contributed by atoms with Crippen LogP contribution < -0.4 is 5.32 Å². The van der Waals surface area contributed by atoms with Crippen LogP contribution in [-0.2, 0) is 6.42 Å². The maximum absolute atomic E-state index is 6.17. The van der Waals surface area contributed by atoms with Gasteiger partial charge in [0.05, 0.1) is 0 Å². The summed E-state index contributed by atoms with van der Waals surface area (Å²) in [6, 6.07) is 5.74. The molecule has 0 saturated carbocycles. The Morgan fingerprint density at radius 2 is 1.85 bits per heavy atom. The minimum Gasteiger partial charge on any atom is -0.340 e. The van der Waals surface area contributed by atoms with Crippen molar-refractivity contribution in [3.8, 4) is 0 Å². The lowest BCUT2D eigenvalue weighted by Gasteiger charge is -2.13. The number of benzene rings is 1. The van der Waals surface area contributed by atoms with Gasteiger partial charge in [0.25, 0.3) is 0 Å². The predicted molar refractivity (Wildman–Crippen MR) is 85.2 cm³/mol. The molecule has 1 aromatic heterocycles. The summed E-state index contributed by atoms with van der Waals surface area (Å²) < 4.78 is 0. The standard InChI is InChI=1S/C15H17Cl2N3/c1-4-6-13-19-14(17)10(3)15(20-13)18-12-8-5-7-11(16)9(12)2/h5,7-8H,4,6H2,1-3H3,(H,18,19,20). The van der Waals surface area contributed by atoms with Crippen LogP contribution >= 0.6 is 23.2 Å². The number of rotatable bonds is 4. The minimum atomic E-state index is 0.491. The average molecular weight is 310 g/mol. The van der Waals surface area contributed by atoms with E-state index in [4.69, 9.17) is 23.2 Å². The summed E-state index contributed by atoms with van der Waals surface area (Å²) in [5, 5.41) is 4.52. The van der Waals surface area contributed by atoms with E-state index in [0.29, 0.717) is 5.15 Å². The largest absolute Gasteiger partial charge is 0.340 e. The van der Waals surface area contributed by atoms with Crippen LogP contribution in [0.3, 0.4) is 0 Å². The fourth-order valence-electron chi connectivity index (χ4n) is 1.86. The van der Waals surface area contributed by atoms with E-state index >= 15 is 0 Å². The highest BCUT2D eigenvalue weighted by molar-refractivity contribution is 6.31. The highest BCUT2D eigenvalue weighted by Gasteiger charge is 2.11. The molecule has 0 amide bonds. The highest BCUT2D eigenvalue weighted by atomic mass is 35.5. The quantitative estimate of drug-likeness (QED) is 0.799. The van der Waals surface area contributed by atoms with Crippen molar-refractivity contribution in [1.82, 2.24) is 9.97 Å². The number of nitrogens with zero attached hydrogens (tertiary/aromatic N) is 2. The Bertz CT molecular complexity index is 627. The zero-order chi connectivity index (χ0) is 14.7. The molecule has 0 aliphatic rings. The van der Waals surface area contributed by atoms with Crippen molar-refractivity contribution in [1.29, 1.82) is 0 Å². The monoisotopic (exact) mass is 309 g/mol. The Labute approximate surface area is 129 Å². The van der Waals surface area contributed by atoms with Gasteiger partial charge in [-0.2, -0.15) is 0 Å². The summed E-state index contributed by atoms with van der Waals surface area (Å²) in [5.74, 6) is 1.49. The van der Waals surface area contributed by atoms with Gasteiger partial charge in [-0.25, -0.2) is 9.97 Å². The van der Waals surface area contributed by atoms with Gasteiger partial charge in [-0.15, -0.1) is 0 Å². The van der Waals surface area contributed by atoms with Gasteiger partial charge in [-0.3, -0.25) is 0 Å². The molecule has 0 spiro atoms. The molecule has 0 saturated heterocycles. The molecule has 0 aliphatic heterocycles. The summed E-state index contributed by atoms with van der Waals surface area (Å²) in [7, 11) is 0. The van der Waals surface area contributed by atoms with Crippen LogP contribution in [0.1, 0.15) is 30.3 Å². The summed E-state index contributed by atoms with van der Waals surface area (Å²) in [6.07, 6.45) is 1.79. The summed E-state index contributed by atoms with van der Waals surface area (Å²) in [6.45, 7) is 5.96.